The fraction of sp³-hybridized carbons (Fsp3) is 0.179. The first-order valence-corrected chi connectivity index (χ1v) is 43.4. The van der Waals surface area contributed by atoms with Crippen molar-refractivity contribution in [2.45, 2.75) is 75.0 Å². The second kappa shape index (κ2) is 27.5. The van der Waals surface area contributed by atoms with Crippen LogP contribution in [0.2, 0.25) is 0 Å². The minimum Gasteiger partial charge on any atom is -0.264 e. The van der Waals surface area contributed by atoms with Gasteiger partial charge in [-0.2, -0.15) is 0 Å². The molecule has 0 atom stereocenters. The van der Waals surface area contributed by atoms with Gasteiger partial charge in [0.25, 0.3) is 0 Å². The van der Waals surface area contributed by atoms with Crippen molar-refractivity contribution in [3.63, 3.8) is 0 Å². The van der Waals surface area contributed by atoms with E-state index in [1.165, 1.54) is 141 Å². The summed E-state index contributed by atoms with van der Waals surface area (Å²) in [4.78, 5) is 40.3. The SMILES string of the molecule is c1ccc(-c2ccc(-c3nc(-c4cccnc4)nc(-c4c5ccccc5c(-c5ccc6c(c5)C5(c7ccccc7-6)C6CC7CC(C6)CC5C7)c5ccccc45)n3)cc2)cc1.c1ccc(-c2ccc(-c3nc(-c4cccnc4)nc(-c4c5ccccc5c(-c5ccc6c(c5)C5(c7ccccc7-6)C6CC7CC(C6)CC5C7)c5ccccc45)n3)cc2)cc1. The molecule has 10 aliphatic rings. The Hall–Kier alpha value is -13.6. The largest absolute Gasteiger partial charge is 0.264 e. The second-order valence-electron chi connectivity index (χ2n) is 35.6. The Morgan fingerprint density at radius 3 is 0.783 bits per heavy atom. The summed E-state index contributed by atoms with van der Waals surface area (Å²) in [6.07, 6.45) is 21.1. The van der Waals surface area contributed by atoms with Gasteiger partial charge in [0, 0.05) is 69.0 Å². The first-order chi connectivity index (χ1) is 59.4. The van der Waals surface area contributed by atoms with Crippen LogP contribution in [0.5, 0.6) is 0 Å². The van der Waals surface area contributed by atoms with Gasteiger partial charge in [0.05, 0.1) is 0 Å². The average Bonchev–Trinajstić information content (AvgIpc) is 1.56. The summed E-state index contributed by atoms with van der Waals surface area (Å²) in [5.74, 6) is 10.2. The summed E-state index contributed by atoms with van der Waals surface area (Å²) >= 11 is 0. The normalized spacial score (nSPS) is 22.1. The van der Waals surface area contributed by atoms with Crippen LogP contribution < -0.4 is 0 Å². The highest BCUT2D eigenvalue weighted by Crippen LogP contribution is 2.72. The highest BCUT2D eigenvalue weighted by atomic mass is 15.0. The van der Waals surface area contributed by atoms with Gasteiger partial charge in [0.15, 0.2) is 34.9 Å². The van der Waals surface area contributed by atoms with Crippen LogP contribution in [0, 0.1) is 47.3 Å². The molecule has 0 N–H and O–H groups in total. The molecule has 0 aliphatic heterocycles. The van der Waals surface area contributed by atoms with Gasteiger partial charge in [0.1, 0.15) is 0 Å². The zero-order valence-corrected chi connectivity index (χ0v) is 66.6. The van der Waals surface area contributed by atoms with E-state index in [0.717, 1.165) is 89.7 Å². The fourth-order valence-electron chi connectivity index (χ4n) is 25.3. The molecule has 10 aliphatic carbocycles. The van der Waals surface area contributed by atoms with Crippen molar-refractivity contribution in [2.24, 2.45) is 47.3 Å². The molecule has 2 spiro atoms. The smallest absolute Gasteiger partial charge is 0.165 e. The van der Waals surface area contributed by atoms with Crippen LogP contribution >= 0.6 is 0 Å². The Kier molecular flexibility index (Phi) is 15.9. The molecule has 4 heterocycles. The van der Waals surface area contributed by atoms with Gasteiger partial charge in [-0.3, -0.25) is 9.97 Å². The zero-order chi connectivity index (χ0) is 78.7. The predicted molar refractivity (Wildman–Crippen MR) is 486 cm³/mol. The molecule has 8 heteroatoms. The molecule has 572 valence electrons. The Bertz CT molecular complexity index is 6570. The molecule has 8 saturated carbocycles. The maximum absolute atomic E-state index is 5.33. The molecule has 18 aromatic rings. The first-order valence-electron chi connectivity index (χ1n) is 43.4. The lowest BCUT2D eigenvalue weighted by molar-refractivity contribution is -0.0399. The van der Waals surface area contributed by atoms with Gasteiger partial charge in [-0.05, 0) is 280 Å². The lowest BCUT2D eigenvalue weighted by Gasteiger charge is -2.61. The Labute approximate surface area is 698 Å². The summed E-state index contributed by atoms with van der Waals surface area (Å²) in [6.45, 7) is 0. The predicted octanol–water partition coefficient (Wildman–Crippen LogP) is 27.3. The Balaban J connectivity index is 0.000000133. The van der Waals surface area contributed by atoms with Crippen molar-refractivity contribution >= 4 is 43.1 Å². The minimum atomic E-state index is 0.101. The van der Waals surface area contributed by atoms with Crippen molar-refractivity contribution < 1.29 is 0 Å². The van der Waals surface area contributed by atoms with Crippen molar-refractivity contribution in [1.29, 1.82) is 0 Å². The number of fused-ring (bicyclic) bond motifs is 10. The van der Waals surface area contributed by atoms with Gasteiger partial charge in [-0.25, -0.2) is 29.9 Å². The van der Waals surface area contributed by atoms with Crippen LogP contribution in [-0.2, 0) is 10.8 Å². The fourth-order valence-corrected chi connectivity index (χ4v) is 25.3. The van der Waals surface area contributed by atoms with Gasteiger partial charge < -0.3 is 0 Å². The lowest BCUT2D eigenvalue weighted by atomic mass is 9.43. The van der Waals surface area contributed by atoms with Gasteiger partial charge in [0.2, 0.25) is 0 Å². The van der Waals surface area contributed by atoms with E-state index in [1.807, 2.05) is 48.8 Å². The van der Waals surface area contributed by atoms with E-state index in [0.29, 0.717) is 58.6 Å². The van der Waals surface area contributed by atoms with Crippen LogP contribution in [0.3, 0.4) is 0 Å². The van der Waals surface area contributed by atoms with E-state index >= 15 is 0 Å². The first kappa shape index (κ1) is 69.5. The van der Waals surface area contributed by atoms with Gasteiger partial charge in [-0.1, -0.05) is 279 Å². The van der Waals surface area contributed by atoms with E-state index in [1.54, 1.807) is 34.6 Å². The third kappa shape index (κ3) is 10.7. The number of pyridine rings is 2. The van der Waals surface area contributed by atoms with E-state index in [4.69, 9.17) is 29.9 Å². The van der Waals surface area contributed by atoms with Crippen molar-refractivity contribution in [3.05, 3.63) is 362 Å². The Morgan fingerprint density at radius 2 is 0.450 bits per heavy atom. The third-order valence-electron chi connectivity index (χ3n) is 29.6. The molecule has 4 aromatic heterocycles. The maximum atomic E-state index is 5.33. The molecule has 8 fully saturated rings. The third-order valence-corrected chi connectivity index (χ3v) is 29.6. The van der Waals surface area contributed by atoms with Gasteiger partial charge in [-0.15, -0.1) is 0 Å². The molecule has 14 aromatic carbocycles. The quantitative estimate of drug-likeness (QED) is 0.125. The molecule has 0 saturated heterocycles. The molecular weight excluding hydrogens is 1460 g/mol. The number of rotatable bonds is 10. The summed E-state index contributed by atoms with van der Waals surface area (Å²) in [5, 5.41) is 9.36. The number of hydrogen-bond acceptors (Lipinski definition) is 8. The number of benzene rings is 14. The van der Waals surface area contributed by atoms with Crippen LogP contribution in [0.25, 0.3) is 178 Å². The molecule has 120 heavy (non-hydrogen) atoms. The molecule has 0 unspecified atom stereocenters. The molecule has 8 bridgehead atoms. The van der Waals surface area contributed by atoms with Crippen LogP contribution in [-0.4, -0.2) is 39.9 Å². The number of aromatic nitrogens is 8. The molecule has 0 radical (unpaired) electrons. The van der Waals surface area contributed by atoms with E-state index in [9.17, 15) is 0 Å². The Morgan fingerprint density at radius 1 is 0.192 bits per heavy atom. The van der Waals surface area contributed by atoms with E-state index < -0.39 is 0 Å². The molecule has 8 nitrogen and oxygen atoms in total. The molecular formula is C112H84N8. The van der Waals surface area contributed by atoms with Crippen molar-refractivity contribution in [1.82, 2.24) is 39.9 Å². The van der Waals surface area contributed by atoms with E-state index in [2.05, 4.69) is 289 Å². The standard InChI is InChI=1S/2C56H42N4/c2*1-2-11-36(12-3-1)37-20-22-38(23-21-37)53-58-54(40-13-10-26-57-33-40)60-55(59-53)52-47-17-6-4-15-45(47)51(46-16-5-7-18-48(46)52)39-24-25-44-43-14-8-9-19-49(43)56(50(44)32-39)41-28-34-27-35(30-41)31-42(56)29-34/h2*1-26,32-35,41-42H,27-31H2. The summed E-state index contributed by atoms with van der Waals surface area (Å²) < 4.78 is 0. The van der Waals surface area contributed by atoms with Crippen LogP contribution in [0.1, 0.15) is 86.5 Å². The minimum absolute atomic E-state index is 0.101. The zero-order valence-electron chi connectivity index (χ0n) is 66.6. The molecule has 28 rings (SSSR count). The van der Waals surface area contributed by atoms with Crippen LogP contribution in [0.4, 0.5) is 0 Å². The van der Waals surface area contributed by atoms with Crippen molar-refractivity contribution in [2.75, 3.05) is 0 Å². The summed E-state index contributed by atoms with van der Waals surface area (Å²) in [7, 11) is 0. The monoisotopic (exact) mass is 1540 g/mol. The highest BCUT2D eigenvalue weighted by molar-refractivity contribution is 6.22. The number of nitrogens with zero attached hydrogens (tertiary/aromatic N) is 8. The summed E-state index contributed by atoms with van der Waals surface area (Å²) in [5.41, 5.74) is 27.8. The van der Waals surface area contributed by atoms with Gasteiger partial charge >= 0.3 is 0 Å². The summed E-state index contributed by atoms with van der Waals surface area (Å²) in [6, 6.07) is 115. The maximum Gasteiger partial charge on any atom is 0.165 e. The number of hydrogen-bond donors (Lipinski definition) is 0. The van der Waals surface area contributed by atoms with E-state index in [-0.39, 0.29) is 10.8 Å². The van der Waals surface area contributed by atoms with Crippen molar-refractivity contribution in [3.8, 4) is 135 Å². The lowest BCUT2D eigenvalue weighted by Crippen LogP contribution is -2.55. The average molecular weight is 1540 g/mol. The molecule has 0 amide bonds. The second-order valence-corrected chi connectivity index (χ2v) is 35.6. The highest BCUT2D eigenvalue weighted by Gasteiger charge is 2.63. The topological polar surface area (TPSA) is 103 Å². The van der Waals surface area contributed by atoms with Crippen LogP contribution in [0.15, 0.2) is 340 Å².